The van der Waals surface area contributed by atoms with Gasteiger partial charge in [0.1, 0.15) is 0 Å². The molecule has 0 bridgehead atoms. The highest BCUT2D eigenvalue weighted by molar-refractivity contribution is 7.13. The normalized spacial score (nSPS) is 17.9. The summed E-state index contributed by atoms with van der Waals surface area (Å²) in [5.74, 6) is 0.967. The number of halogens is 1. The van der Waals surface area contributed by atoms with Crippen LogP contribution in [0.25, 0.3) is 10.7 Å². The number of anilines is 1. The number of amides is 1. The van der Waals surface area contributed by atoms with Gasteiger partial charge in [-0.15, -0.1) is 11.3 Å². The predicted octanol–water partition coefficient (Wildman–Crippen LogP) is 3.97. The molecule has 1 unspecified atom stereocenters. The van der Waals surface area contributed by atoms with Crippen LogP contribution in [0.4, 0.5) is 5.69 Å². The van der Waals surface area contributed by atoms with Crippen LogP contribution in [0.1, 0.15) is 18.2 Å². The lowest BCUT2D eigenvalue weighted by molar-refractivity contribution is -0.117. The van der Waals surface area contributed by atoms with Crippen molar-refractivity contribution >= 4 is 34.5 Å². The SMILES string of the molecule is O=C1CC(c2nc(-c3cccs3)no2)CN1c1ccccc1Cl. The zero-order valence-corrected chi connectivity index (χ0v) is 13.5. The second-order valence-electron chi connectivity index (χ2n) is 5.29. The first kappa shape index (κ1) is 14.4. The maximum atomic E-state index is 12.3. The third-order valence-corrected chi connectivity index (χ3v) is 4.99. The van der Waals surface area contributed by atoms with Gasteiger partial charge in [0.2, 0.25) is 17.6 Å². The van der Waals surface area contributed by atoms with Gasteiger partial charge in [-0.1, -0.05) is 35.0 Å². The molecule has 1 aliphatic rings. The van der Waals surface area contributed by atoms with Gasteiger partial charge in [-0.05, 0) is 23.6 Å². The van der Waals surface area contributed by atoms with Crippen molar-refractivity contribution in [2.24, 2.45) is 0 Å². The molecule has 0 spiro atoms. The molecule has 0 N–H and O–H groups in total. The molecule has 0 aliphatic carbocycles. The van der Waals surface area contributed by atoms with Gasteiger partial charge in [-0.2, -0.15) is 4.98 Å². The summed E-state index contributed by atoms with van der Waals surface area (Å²) in [6.45, 7) is 0.495. The van der Waals surface area contributed by atoms with Crippen LogP contribution in [-0.4, -0.2) is 22.6 Å². The van der Waals surface area contributed by atoms with Crippen LogP contribution >= 0.6 is 22.9 Å². The van der Waals surface area contributed by atoms with Crippen molar-refractivity contribution in [2.45, 2.75) is 12.3 Å². The summed E-state index contributed by atoms with van der Waals surface area (Å²) < 4.78 is 5.37. The molecule has 1 saturated heterocycles. The molecule has 2 aromatic heterocycles. The highest BCUT2D eigenvalue weighted by atomic mass is 35.5. The van der Waals surface area contributed by atoms with E-state index >= 15 is 0 Å². The minimum atomic E-state index is -0.111. The molecule has 1 atom stereocenters. The number of carbonyl (C=O) groups is 1. The number of rotatable bonds is 3. The topological polar surface area (TPSA) is 59.2 Å². The Hall–Kier alpha value is -2.18. The smallest absolute Gasteiger partial charge is 0.232 e. The number of carbonyl (C=O) groups excluding carboxylic acids is 1. The average Bonchev–Trinajstić information content (AvgIpc) is 3.27. The van der Waals surface area contributed by atoms with E-state index in [2.05, 4.69) is 10.1 Å². The number of hydrogen-bond acceptors (Lipinski definition) is 5. The Morgan fingerprint density at radius 3 is 2.91 bits per heavy atom. The first-order chi connectivity index (χ1) is 11.2. The quantitative estimate of drug-likeness (QED) is 0.720. The molecule has 0 saturated carbocycles. The Balaban J connectivity index is 1.58. The predicted molar refractivity (Wildman–Crippen MR) is 88.8 cm³/mol. The third kappa shape index (κ3) is 2.64. The van der Waals surface area contributed by atoms with E-state index in [0.717, 1.165) is 10.6 Å². The molecule has 1 amide bonds. The average molecular weight is 346 g/mol. The van der Waals surface area contributed by atoms with E-state index in [1.807, 2.05) is 35.7 Å². The van der Waals surface area contributed by atoms with E-state index in [1.165, 1.54) is 0 Å². The van der Waals surface area contributed by atoms with Gasteiger partial charge in [0.05, 0.1) is 21.5 Å². The van der Waals surface area contributed by atoms with Gasteiger partial charge in [-0.3, -0.25) is 4.79 Å². The van der Waals surface area contributed by atoms with Crippen LogP contribution in [0.5, 0.6) is 0 Å². The maximum Gasteiger partial charge on any atom is 0.232 e. The monoisotopic (exact) mass is 345 g/mol. The summed E-state index contributed by atoms with van der Waals surface area (Å²) in [7, 11) is 0. The summed E-state index contributed by atoms with van der Waals surface area (Å²) in [6, 6.07) is 11.2. The number of hydrogen-bond donors (Lipinski definition) is 0. The van der Waals surface area contributed by atoms with Crippen molar-refractivity contribution in [3.05, 3.63) is 52.7 Å². The van der Waals surface area contributed by atoms with Crippen LogP contribution in [0.2, 0.25) is 5.02 Å². The zero-order chi connectivity index (χ0) is 15.8. The fourth-order valence-corrected chi connectivity index (χ4v) is 3.57. The summed E-state index contributed by atoms with van der Waals surface area (Å²) in [5.41, 5.74) is 0.722. The van der Waals surface area contributed by atoms with Gasteiger partial charge in [0, 0.05) is 13.0 Å². The van der Waals surface area contributed by atoms with E-state index < -0.39 is 0 Å². The number of para-hydroxylation sites is 1. The van der Waals surface area contributed by atoms with E-state index in [1.54, 1.807) is 22.3 Å². The standard InChI is InChI=1S/C16H12ClN3O2S/c17-11-4-1-2-5-12(11)20-9-10(8-14(20)21)16-18-15(19-22-16)13-6-3-7-23-13/h1-7,10H,8-9H2. The van der Waals surface area contributed by atoms with Crippen LogP contribution in [0, 0.1) is 0 Å². The molecule has 3 aromatic rings. The molecule has 5 nitrogen and oxygen atoms in total. The van der Waals surface area contributed by atoms with Crippen molar-refractivity contribution < 1.29 is 9.32 Å². The van der Waals surface area contributed by atoms with Crippen molar-refractivity contribution in [3.63, 3.8) is 0 Å². The Kier molecular flexibility index (Phi) is 3.63. The number of thiophene rings is 1. The second kappa shape index (κ2) is 5.79. The summed E-state index contributed by atoms with van der Waals surface area (Å²) >= 11 is 7.74. The zero-order valence-electron chi connectivity index (χ0n) is 12.0. The molecule has 0 radical (unpaired) electrons. The van der Waals surface area contributed by atoms with E-state index in [4.69, 9.17) is 16.1 Å². The molecule has 1 fully saturated rings. The first-order valence-electron chi connectivity index (χ1n) is 7.15. The lowest BCUT2D eigenvalue weighted by Gasteiger charge is -2.17. The van der Waals surface area contributed by atoms with Crippen molar-refractivity contribution in [1.29, 1.82) is 0 Å². The minimum absolute atomic E-state index is 0.0129. The van der Waals surface area contributed by atoms with Gasteiger partial charge >= 0.3 is 0 Å². The van der Waals surface area contributed by atoms with E-state index in [0.29, 0.717) is 29.7 Å². The third-order valence-electron chi connectivity index (χ3n) is 3.80. The van der Waals surface area contributed by atoms with Gasteiger partial charge < -0.3 is 9.42 Å². The number of nitrogens with zero attached hydrogens (tertiary/aromatic N) is 3. The first-order valence-corrected chi connectivity index (χ1v) is 8.40. The molecule has 1 aromatic carbocycles. The van der Waals surface area contributed by atoms with Crippen molar-refractivity contribution in [2.75, 3.05) is 11.4 Å². The Morgan fingerprint density at radius 1 is 1.26 bits per heavy atom. The van der Waals surface area contributed by atoms with Crippen LogP contribution in [0.15, 0.2) is 46.3 Å². The Labute approximate surface area is 141 Å². The minimum Gasteiger partial charge on any atom is -0.339 e. The van der Waals surface area contributed by atoms with E-state index in [9.17, 15) is 4.79 Å². The largest absolute Gasteiger partial charge is 0.339 e. The van der Waals surface area contributed by atoms with Gasteiger partial charge in [0.15, 0.2) is 0 Å². The van der Waals surface area contributed by atoms with Crippen molar-refractivity contribution in [3.8, 4) is 10.7 Å². The molecular weight excluding hydrogens is 334 g/mol. The Morgan fingerprint density at radius 2 is 2.13 bits per heavy atom. The van der Waals surface area contributed by atoms with Crippen LogP contribution in [0.3, 0.4) is 0 Å². The Bertz CT molecular complexity index is 847. The highest BCUT2D eigenvalue weighted by Crippen LogP contribution is 2.35. The van der Waals surface area contributed by atoms with Gasteiger partial charge in [-0.25, -0.2) is 0 Å². The summed E-state index contributed by atoms with van der Waals surface area (Å²) in [6.07, 6.45) is 0.345. The molecule has 116 valence electrons. The molecule has 7 heteroatoms. The lowest BCUT2D eigenvalue weighted by Crippen LogP contribution is -2.24. The summed E-state index contributed by atoms with van der Waals surface area (Å²) in [4.78, 5) is 19.4. The second-order valence-corrected chi connectivity index (χ2v) is 6.65. The van der Waals surface area contributed by atoms with Gasteiger partial charge in [0.25, 0.3) is 0 Å². The fourth-order valence-electron chi connectivity index (χ4n) is 2.68. The fraction of sp³-hybridized carbons (Fsp3) is 0.188. The lowest BCUT2D eigenvalue weighted by atomic mass is 10.1. The van der Waals surface area contributed by atoms with Crippen LogP contribution in [-0.2, 0) is 4.79 Å². The number of aromatic nitrogens is 2. The van der Waals surface area contributed by atoms with E-state index in [-0.39, 0.29) is 11.8 Å². The number of benzene rings is 1. The molecule has 4 rings (SSSR count). The molecular formula is C16H12ClN3O2S. The van der Waals surface area contributed by atoms with Crippen LogP contribution < -0.4 is 4.90 Å². The molecule has 3 heterocycles. The maximum absolute atomic E-state index is 12.3. The molecule has 1 aliphatic heterocycles. The highest BCUT2D eigenvalue weighted by Gasteiger charge is 2.35. The summed E-state index contributed by atoms with van der Waals surface area (Å²) in [5, 5.41) is 6.54. The molecule has 23 heavy (non-hydrogen) atoms. The van der Waals surface area contributed by atoms with Crippen molar-refractivity contribution in [1.82, 2.24) is 10.1 Å².